The summed E-state index contributed by atoms with van der Waals surface area (Å²) >= 11 is 0. The van der Waals surface area contributed by atoms with E-state index in [4.69, 9.17) is 0 Å². The molecule has 5 nitrogen and oxygen atoms in total. The van der Waals surface area contributed by atoms with Crippen LogP contribution >= 0.6 is 0 Å². The number of benzene rings is 2. The molecule has 0 radical (unpaired) electrons. The van der Waals surface area contributed by atoms with E-state index in [9.17, 15) is 14.7 Å². The van der Waals surface area contributed by atoms with Crippen molar-refractivity contribution < 1.29 is 14.7 Å². The van der Waals surface area contributed by atoms with Crippen LogP contribution in [0.2, 0.25) is 0 Å². The summed E-state index contributed by atoms with van der Waals surface area (Å²) in [5.41, 5.74) is 2.14. The van der Waals surface area contributed by atoms with Crippen LogP contribution < -0.4 is 10.6 Å². The van der Waals surface area contributed by atoms with Crippen LogP contribution in [-0.2, 0) is 11.2 Å². The summed E-state index contributed by atoms with van der Waals surface area (Å²) < 4.78 is 0. The Kier molecular flexibility index (Phi) is 5.68. The summed E-state index contributed by atoms with van der Waals surface area (Å²) in [5.74, 6) is -0.257. The zero-order valence-corrected chi connectivity index (χ0v) is 12.0. The zero-order valence-electron chi connectivity index (χ0n) is 12.0. The molecule has 1 atom stereocenters. The Hall–Kier alpha value is -2.66. The third-order valence-electron chi connectivity index (χ3n) is 3.25. The number of amides is 2. The Bertz CT molecular complexity index is 612. The highest BCUT2D eigenvalue weighted by molar-refractivity contribution is 5.95. The molecule has 22 heavy (non-hydrogen) atoms. The summed E-state index contributed by atoms with van der Waals surface area (Å²) in [6, 6.07) is 15.9. The van der Waals surface area contributed by atoms with Gasteiger partial charge in [0, 0.05) is 11.3 Å². The van der Waals surface area contributed by atoms with Gasteiger partial charge < -0.3 is 15.7 Å². The average molecular weight is 298 g/mol. The van der Waals surface area contributed by atoms with Crippen LogP contribution in [0.3, 0.4) is 0 Å². The summed E-state index contributed by atoms with van der Waals surface area (Å²) in [7, 11) is 0. The van der Waals surface area contributed by atoms with Crippen LogP contribution in [-0.4, -0.2) is 30.1 Å². The van der Waals surface area contributed by atoms with E-state index in [0.29, 0.717) is 24.1 Å². The van der Waals surface area contributed by atoms with Crippen LogP contribution in [0.4, 0.5) is 5.69 Å². The minimum absolute atomic E-state index is 0.134. The molecule has 0 spiro atoms. The van der Waals surface area contributed by atoms with Crippen molar-refractivity contribution in [2.24, 2.45) is 0 Å². The van der Waals surface area contributed by atoms with Crippen LogP contribution in [0.25, 0.3) is 0 Å². The standard InChI is InChI=1S/C17H18N2O3/c20-11-16(10-13-4-2-1-3-5-13)19-17(22)14-6-8-15(9-7-14)18-12-21/h1-9,12,16,20H,10-11H2,(H,18,21)(H,19,22)/t16-/m0/s1. The van der Waals surface area contributed by atoms with Gasteiger partial charge in [-0.1, -0.05) is 30.3 Å². The van der Waals surface area contributed by atoms with Gasteiger partial charge in [-0.15, -0.1) is 0 Å². The molecule has 5 heteroatoms. The van der Waals surface area contributed by atoms with Gasteiger partial charge in [0.05, 0.1) is 12.6 Å². The molecule has 114 valence electrons. The topological polar surface area (TPSA) is 78.4 Å². The van der Waals surface area contributed by atoms with Gasteiger partial charge in [0.2, 0.25) is 6.41 Å². The van der Waals surface area contributed by atoms with Gasteiger partial charge in [0.1, 0.15) is 0 Å². The van der Waals surface area contributed by atoms with Crippen molar-refractivity contribution in [3.8, 4) is 0 Å². The quantitative estimate of drug-likeness (QED) is 0.679. The zero-order chi connectivity index (χ0) is 15.8. The highest BCUT2D eigenvalue weighted by Crippen LogP contribution is 2.09. The molecule has 0 aliphatic rings. The third-order valence-corrected chi connectivity index (χ3v) is 3.25. The maximum absolute atomic E-state index is 12.2. The molecule has 0 bridgehead atoms. The molecule has 2 aromatic rings. The number of hydrogen-bond acceptors (Lipinski definition) is 3. The fourth-order valence-corrected chi connectivity index (χ4v) is 2.11. The third kappa shape index (κ3) is 4.43. The predicted octanol–water partition coefficient (Wildman–Crippen LogP) is 1.59. The molecule has 0 saturated carbocycles. The van der Waals surface area contributed by atoms with E-state index in [1.54, 1.807) is 24.3 Å². The smallest absolute Gasteiger partial charge is 0.251 e. The van der Waals surface area contributed by atoms with E-state index < -0.39 is 0 Å². The lowest BCUT2D eigenvalue weighted by atomic mass is 10.1. The number of hydrogen-bond donors (Lipinski definition) is 3. The molecule has 2 amide bonds. The molecule has 0 aromatic heterocycles. The molecule has 0 aliphatic heterocycles. The number of rotatable bonds is 7. The molecule has 0 saturated heterocycles. The van der Waals surface area contributed by atoms with Crippen molar-refractivity contribution in [2.75, 3.05) is 11.9 Å². The number of carbonyl (C=O) groups excluding carboxylic acids is 2. The molecule has 2 aromatic carbocycles. The van der Waals surface area contributed by atoms with Crippen LogP contribution in [0.1, 0.15) is 15.9 Å². The Morgan fingerprint density at radius 1 is 1.09 bits per heavy atom. The van der Waals surface area contributed by atoms with Gasteiger partial charge in [-0.05, 0) is 36.2 Å². The fourth-order valence-electron chi connectivity index (χ4n) is 2.11. The molecule has 2 rings (SSSR count). The highest BCUT2D eigenvalue weighted by Gasteiger charge is 2.13. The minimum Gasteiger partial charge on any atom is -0.394 e. The summed E-state index contributed by atoms with van der Waals surface area (Å²) in [6.45, 7) is -0.134. The van der Waals surface area contributed by atoms with E-state index in [1.807, 2.05) is 30.3 Å². The SMILES string of the molecule is O=CNc1ccc(C(=O)N[C@H](CO)Cc2ccccc2)cc1. The minimum atomic E-state index is -0.345. The fraction of sp³-hybridized carbons (Fsp3) is 0.176. The van der Waals surface area contributed by atoms with E-state index in [1.165, 1.54) is 0 Å². The Balaban J connectivity index is 1.98. The summed E-state index contributed by atoms with van der Waals surface area (Å²) in [4.78, 5) is 22.5. The lowest BCUT2D eigenvalue weighted by molar-refractivity contribution is -0.105. The van der Waals surface area contributed by atoms with Gasteiger partial charge in [-0.2, -0.15) is 0 Å². The number of anilines is 1. The van der Waals surface area contributed by atoms with Gasteiger partial charge in [-0.25, -0.2) is 0 Å². The van der Waals surface area contributed by atoms with E-state index in [2.05, 4.69) is 10.6 Å². The van der Waals surface area contributed by atoms with Gasteiger partial charge in [0.25, 0.3) is 5.91 Å². The van der Waals surface area contributed by atoms with Crippen LogP contribution in [0, 0.1) is 0 Å². The lowest BCUT2D eigenvalue weighted by Gasteiger charge is -2.16. The summed E-state index contributed by atoms with van der Waals surface area (Å²) in [5, 5.41) is 14.7. The van der Waals surface area contributed by atoms with E-state index in [-0.39, 0.29) is 18.6 Å². The number of carbonyl (C=O) groups is 2. The van der Waals surface area contributed by atoms with Crippen molar-refractivity contribution in [3.63, 3.8) is 0 Å². The summed E-state index contributed by atoms with van der Waals surface area (Å²) in [6.07, 6.45) is 1.14. The first-order valence-corrected chi connectivity index (χ1v) is 6.99. The Labute approximate surface area is 129 Å². The number of aliphatic hydroxyl groups is 1. The molecular formula is C17H18N2O3. The first-order chi connectivity index (χ1) is 10.7. The van der Waals surface area contributed by atoms with Gasteiger partial charge in [-0.3, -0.25) is 9.59 Å². The molecule has 3 N–H and O–H groups in total. The predicted molar refractivity (Wildman–Crippen MR) is 84.6 cm³/mol. The second-order valence-corrected chi connectivity index (χ2v) is 4.88. The monoisotopic (exact) mass is 298 g/mol. The maximum atomic E-state index is 12.2. The lowest BCUT2D eigenvalue weighted by Crippen LogP contribution is -2.39. The van der Waals surface area contributed by atoms with E-state index in [0.717, 1.165) is 5.56 Å². The van der Waals surface area contributed by atoms with E-state index >= 15 is 0 Å². The molecular weight excluding hydrogens is 280 g/mol. The number of aliphatic hydroxyl groups excluding tert-OH is 1. The van der Waals surface area contributed by atoms with Gasteiger partial charge in [0.15, 0.2) is 0 Å². The largest absolute Gasteiger partial charge is 0.394 e. The van der Waals surface area contributed by atoms with Crippen LogP contribution in [0.5, 0.6) is 0 Å². The molecule has 0 aliphatic carbocycles. The van der Waals surface area contributed by atoms with Crippen molar-refractivity contribution in [1.82, 2.24) is 5.32 Å². The molecule has 0 heterocycles. The van der Waals surface area contributed by atoms with Crippen LogP contribution in [0.15, 0.2) is 54.6 Å². The second-order valence-electron chi connectivity index (χ2n) is 4.88. The average Bonchev–Trinajstić information content (AvgIpc) is 2.56. The molecule has 0 fully saturated rings. The first kappa shape index (κ1) is 15.7. The Morgan fingerprint density at radius 3 is 2.36 bits per heavy atom. The second kappa shape index (κ2) is 7.95. The highest BCUT2D eigenvalue weighted by atomic mass is 16.3. The van der Waals surface area contributed by atoms with Crippen molar-refractivity contribution in [3.05, 3.63) is 65.7 Å². The van der Waals surface area contributed by atoms with Crippen molar-refractivity contribution >= 4 is 18.0 Å². The van der Waals surface area contributed by atoms with Gasteiger partial charge >= 0.3 is 0 Å². The first-order valence-electron chi connectivity index (χ1n) is 6.99. The van der Waals surface area contributed by atoms with Crippen molar-refractivity contribution in [2.45, 2.75) is 12.5 Å². The number of nitrogens with one attached hydrogen (secondary N) is 2. The van der Waals surface area contributed by atoms with Crippen molar-refractivity contribution in [1.29, 1.82) is 0 Å². The Morgan fingerprint density at radius 2 is 1.77 bits per heavy atom. The molecule has 0 unspecified atom stereocenters. The maximum Gasteiger partial charge on any atom is 0.251 e. The normalized spacial score (nSPS) is 11.5.